The molecule has 0 saturated carbocycles. The lowest BCUT2D eigenvalue weighted by Gasteiger charge is -2.19. The summed E-state index contributed by atoms with van der Waals surface area (Å²) in [6.07, 6.45) is 3.92. The Bertz CT molecular complexity index is 234. The number of thioether (sulfide) groups is 1. The summed E-state index contributed by atoms with van der Waals surface area (Å²) in [5.74, 6) is 2.51. The van der Waals surface area contributed by atoms with Crippen LogP contribution in [0.3, 0.4) is 0 Å². The summed E-state index contributed by atoms with van der Waals surface area (Å²) in [5, 5.41) is 0. The van der Waals surface area contributed by atoms with Crippen LogP contribution in [-0.2, 0) is 9.53 Å². The Morgan fingerprint density at radius 3 is 3.15 bits per heavy atom. The lowest BCUT2D eigenvalue weighted by molar-refractivity contribution is -0.129. The third-order valence-corrected chi connectivity index (χ3v) is 3.15. The molecule has 13 heavy (non-hydrogen) atoms. The van der Waals surface area contributed by atoms with Crippen molar-refractivity contribution in [1.29, 1.82) is 0 Å². The minimum absolute atomic E-state index is 0.0738. The smallest absolute Gasteiger partial charge is 0.289 e. The van der Waals surface area contributed by atoms with Gasteiger partial charge in [0, 0.05) is 12.3 Å². The molecule has 0 aromatic carbocycles. The topological polar surface area (TPSA) is 29.5 Å². The van der Waals surface area contributed by atoms with E-state index in [1.165, 1.54) is 0 Å². The average molecular weight is 199 g/mol. The third kappa shape index (κ3) is 1.99. The number of carbonyl (C=O) groups is 1. The fourth-order valence-electron chi connectivity index (χ4n) is 1.44. The van der Waals surface area contributed by atoms with Gasteiger partial charge in [-0.3, -0.25) is 4.79 Å². The zero-order valence-electron chi connectivity index (χ0n) is 7.49. The highest BCUT2D eigenvalue weighted by molar-refractivity contribution is 7.99. The number of allylic oxidation sites excluding steroid dienone is 1. The van der Waals surface area contributed by atoms with E-state index >= 15 is 0 Å². The monoisotopic (exact) mass is 199 g/mol. The maximum absolute atomic E-state index is 11.7. The number of rotatable bonds is 1. The summed E-state index contributed by atoms with van der Waals surface area (Å²) in [4.78, 5) is 13.6. The fourth-order valence-corrected chi connectivity index (χ4v) is 2.38. The Kier molecular flexibility index (Phi) is 2.78. The molecule has 0 radical (unpaired) electrons. The normalized spacial score (nSPS) is 22.5. The molecule has 0 unspecified atom stereocenters. The molecular formula is C9H13NO2S. The van der Waals surface area contributed by atoms with Crippen LogP contribution >= 0.6 is 11.8 Å². The number of ether oxygens (including phenoxy) is 1. The molecule has 0 spiro atoms. The van der Waals surface area contributed by atoms with E-state index in [0.717, 1.165) is 31.0 Å². The van der Waals surface area contributed by atoms with Gasteiger partial charge < -0.3 is 9.64 Å². The first-order chi connectivity index (χ1) is 6.38. The first-order valence-corrected chi connectivity index (χ1v) is 5.73. The van der Waals surface area contributed by atoms with Gasteiger partial charge in [0.2, 0.25) is 0 Å². The zero-order chi connectivity index (χ0) is 9.10. The van der Waals surface area contributed by atoms with E-state index in [1.807, 2.05) is 11.0 Å². The highest BCUT2D eigenvalue weighted by atomic mass is 32.2. The quantitative estimate of drug-likeness (QED) is 0.636. The Labute approximate surface area is 82.1 Å². The first kappa shape index (κ1) is 8.94. The van der Waals surface area contributed by atoms with Crippen molar-refractivity contribution in [2.24, 2.45) is 0 Å². The van der Waals surface area contributed by atoms with Crippen molar-refractivity contribution in [2.45, 2.75) is 12.8 Å². The van der Waals surface area contributed by atoms with Crippen LogP contribution in [-0.4, -0.2) is 35.6 Å². The summed E-state index contributed by atoms with van der Waals surface area (Å²) >= 11 is 1.80. The predicted octanol–water partition coefficient (Wildman–Crippen LogP) is 1.21. The number of hydrogen-bond donors (Lipinski definition) is 0. The number of amides is 1. The van der Waals surface area contributed by atoms with Crippen molar-refractivity contribution in [2.75, 3.05) is 24.8 Å². The van der Waals surface area contributed by atoms with Crippen LogP contribution in [0.5, 0.6) is 0 Å². The van der Waals surface area contributed by atoms with E-state index in [1.54, 1.807) is 11.8 Å². The van der Waals surface area contributed by atoms with Gasteiger partial charge in [0.1, 0.15) is 0 Å². The number of hydrogen-bond acceptors (Lipinski definition) is 3. The Hall–Kier alpha value is -0.640. The second-order valence-electron chi connectivity index (χ2n) is 3.17. The van der Waals surface area contributed by atoms with Crippen LogP contribution in [0.4, 0.5) is 0 Å². The molecule has 0 N–H and O–H groups in total. The number of nitrogens with zero attached hydrogens (tertiary/aromatic N) is 1. The van der Waals surface area contributed by atoms with Crippen LogP contribution in [0.25, 0.3) is 0 Å². The predicted molar refractivity (Wildman–Crippen MR) is 52.3 cm³/mol. The van der Waals surface area contributed by atoms with Gasteiger partial charge in [-0.1, -0.05) is 0 Å². The van der Waals surface area contributed by atoms with E-state index in [2.05, 4.69) is 0 Å². The molecule has 1 amide bonds. The molecule has 3 nitrogen and oxygen atoms in total. The van der Waals surface area contributed by atoms with Crippen molar-refractivity contribution < 1.29 is 9.53 Å². The van der Waals surface area contributed by atoms with Gasteiger partial charge >= 0.3 is 0 Å². The molecule has 0 bridgehead atoms. The van der Waals surface area contributed by atoms with Crippen molar-refractivity contribution in [3.63, 3.8) is 0 Å². The van der Waals surface area contributed by atoms with E-state index in [9.17, 15) is 4.79 Å². The summed E-state index contributed by atoms with van der Waals surface area (Å²) < 4.78 is 5.31. The lowest BCUT2D eigenvalue weighted by atomic mass is 10.2. The highest BCUT2D eigenvalue weighted by Gasteiger charge is 2.23. The highest BCUT2D eigenvalue weighted by Crippen LogP contribution is 2.18. The summed E-state index contributed by atoms with van der Waals surface area (Å²) in [6, 6.07) is 0. The van der Waals surface area contributed by atoms with Gasteiger partial charge in [-0.2, -0.15) is 0 Å². The van der Waals surface area contributed by atoms with Crippen LogP contribution in [0, 0.1) is 0 Å². The second kappa shape index (κ2) is 4.05. The molecule has 1 saturated heterocycles. The second-order valence-corrected chi connectivity index (χ2v) is 4.24. The Morgan fingerprint density at radius 1 is 1.62 bits per heavy atom. The van der Waals surface area contributed by atoms with Crippen molar-refractivity contribution in [1.82, 2.24) is 4.90 Å². The molecule has 2 aliphatic heterocycles. The van der Waals surface area contributed by atoms with Crippen LogP contribution in [0.2, 0.25) is 0 Å². The van der Waals surface area contributed by atoms with E-state index < -0.39 is 0 Å². The zero-order valence-corrected chi connectivity index (χ0v) is 8.31. The standard InChI is InChI=1S/C9H13NO2S/c11-9(10-4-6-13-7-10)8-3-1-2-5-12-8/h3H,1-2,4-7H2. The lowest BCUT2D eigenvalue weighted by Crippen LogP contribution is -2.30. The van der Waals surface area contributed by atoms with Crippen LogP contribution in [0.15, 0.2) is 11.8 Å². The largest absolute Gasteiger partial charge is 0.488 e. The Balaban J connectivity index is 1.98. The average Bonchev–Trinajstić information content (AvgIpc) is 2.71. The minimum Gasteiger partial charge on any atom is -0.488 e. The van der Waals surface area contributed by atoms with Crippen molar-refractivity contribution >= 4 is 17.7 Å². The summed E-state index contributed by atoms with van der Waals surface area (Å²) in [5.41, 5.74) is 0. The van der Waals surface area contributed by atoms with Crippen molar-refractivity contribution in [3.8, 4) is 0 Å². The van der Waals surface area contributed by atoms with E-state index in [-0.39, 0.29) is 5.91 Å². The molecule has 0 aliphatic carbocycles. The van der Waals surface area contributed by atoms with Gasteiger partial charge in [-0.05, 0) is 18.9 Å². The Morgan fingerprint density at radius 2 is 2.54 bits per heavy atom. The fraction of sp³-hybridized carbons (Fsp3) is 0.667. The molecule has 2 aliphatic rings. The summed E-state index contributed by atoms with van der Waals surface area (Å²) in [7, 11) is 0. The van der Waals surface area contributed by atoms with Gasteiger partial charge in [-0.15, -0.1) is 11.8 Å². The number of carbonyl (C=O) groups excluding carboxylic acids is 1. The maximum Gasteiger partial charge on any atom is 0.289 e. The van der Waals surface area contributed by atoms with Crippen LogP contribution in [0.1, 0.15) is 12.8 Å². The molecule has 4 heteroatoms. The van der Waals surface area contributed by atoms with Crippen molar-refractivity contribution in [3.05, 3.63) is 11.8 Å². The SMILES string of the molecule is O=C(C1=CCCCO1)N1CCSC1. The van der Waals surface area contributed by atoms with E-state index in [4.69, 9.17) is 4.74 Å². The molecular weight excluding hydrogens is 186 g/mol. The molecule has 1 fully saturated rings. The molecule has 0 aromatic rings. The minimum atomic E-state index is 0.0738. The van der Waals surface area contributed by atoms with E-state index in [0.29, 0.717) is 12.4 Å². The van der Waals surface area contributed by atoms with Gasteiger partial charge in [0.25, 0.3) is 5.91 Å². The van der Waals surface area contributed by atoms with Gasteiger partial charge in [0.15, 0.2) is 5.76 Å². The first-order valence-electron chi connectivity index (χ1n) is 4.58. The third-order valence-electron chi connectivity index (χ3n) is 2.19. The molecule has 0 aromatic heterocycles. The molecule has 72 valence electrons. The molecule has 2 heterocycles. The van der Waals surface area contributed by atoms with Gasteiger partial charge in [-0.25, -0.2) is 0 Å². The molecule has 0 atom stereocenters. The molecule has 2 rings (SSSR count). The summed E-state index contributed by atoms with van der Waals surface area (Å²) in [6.45, 7) is 1.56. The van der Waals surface area contributed by atoms with Crippen LogP contribution < -0.4 is 0 Å². The van der Waals surface area contributed by atoms with Gasteiger partial charge in [0.05, 0.1) is 12.5 Å². The maximum atomic E-state index is 11.7.